The molecule has 1 N–H and O–H groups in total. The lowest BCUT2D eigenvalue weighted by Crippen LogP contribution is -2.48. The molecule has 98 valence electrons. The lowest BCUT2D eigenvalue weighted by Gasteiger charge is -2.38. The van der Waals surface area contributed by atoms with Crippen molar-refractivity contribution in [3.05, 3.63) is 0 Å². The molecule has 0 aliphatic carbocycles. The van der Waals surface area contributed by atoms with Crippen LogP contribution in [0.1, 0.15) is 39.0 Å². The summed E-state index contributed by atoms with van der Waals surface area (Å²) in [5.74, 6) is -0.626. The van der Waals surface area contributed by atoms with Gasteiger partial charge >= 0.3 is 5.97 Å². The first-order valence-electron chi connectivity index (χ1n) is 6.93. The minimum absolute atomic E-state index is 0.210. The van der Waals surface area contributed by atoms with Crippen molar-refractivity contribution in [1.29, 1.82) is 0 Å². The highest BCUT2D eigenvalue weighted by atomic mass is 16.4. The van der Waals surface area contributed by atoms with Crippen molar-refractivity contribution in [2.45, 2.75) is 51.1 Å². The second-order valence-corrected chi connectivity index (χ2v) is 5.31. The number of carboxylic acids is 1. The number of likely N-dealkylation sites (tertiary alicyclic amines) is 2. The predicted octanol–water partition coefficient (Wildman–Crippen LogP) is 1.41. The van der Waals surface area contributed by atoms with Gasteiger partial charge in [-0.25, -0.2) is 0 Å². The average molecular weight is 240 g/mol. The summed E-state index contributed by atoms with van der Waals surface area (Å²) in [7, 11) is 0. The van der Waals surface area contributed by atoms with Crippen molar-refractivity contribution in [3.8, 4) is 0 Å². The van der Waals surface area contributed by atoms with E-state index in [1.54, 1.807) is 0 Å². The zero-order valence-electron chi connectivity index (χ0n) is 10.8. The minimum Gasteiger partial charge on any atom is -0.480 e. The van der Waals surface area contributed by atoms with Gasteiger partial charge in [-0.1, -0.05) is 6.92 Å². The van der Waals surface area contributed by atoms with E-state index in [2.05, 4.69) is 16.7 Å². The number of piperidine rings is 1. The van der Waals surface area contributed by atoms with Gasteiger partial charge in [0.05, 0.1) is 0 Å². The lowest BCUT2D eigenvalue weighted by molar-refractivity contribution is -0.143. The number of rotatable bonds is 4. The third-order valence-corrected chi connectivity index (χ3v) is 4.15. The molecule has 1 unspecified atom stereocenters. The van der Waals surface area contributed by atoms with Gasteiger partial charge < -0.3 is 10.0 Å². The largest absolute Gasteiger partial charge is 0.480 e. The van der Waals surface area contributed by atoms with Gasteiger partial charge in [-0.3, -0.25) is 9.69 Å². The van der Waals surface area contributed by atoms with Gasteiger partial charge in [0.15, 0.2) is 0 Å². The zero-order valence-corrected chi connectivity index (χ0v) is 10.8. The van der Waals surface area contributed by atoms with Gasteiger partial charge in [0, 0.05) is 6.04 Å². The van der Waals surface area contributed by atoms with Crippen LogP contribution in [-0.4, -0.2) is 59.1 Å². The number of nitrogens with zero attached hydrogens (tertiary/aromatic N) is 2. The number of hydrogen-bond acceptors (Lipinski definition) is 3. The van der Waals surface area contributed by atoms with Crippen LogP contribution in [-0.2, 0) is 4.79 Å². The highest BCUT2D eigenvalue weighted by Crippen LogP contribution is 2.26. The maximum absolute atomic E-state index is 11.2. The van der Waals surface area contributed by atoms with Crippen LogP contribution in [0.4, 0.5) is 0 Å². The van der Waals surface area contributed by atoms with Crippen molar-refractivity contribution in [1.82, 2.24) is 9.80 Å². The van der Waals surface area contributed by atoms with Crippen LogP contribution >= 0.6 is 0 Å². The molecule has 4 heteroatoms. The van der Waals surface area contributed by atoms with Crippen molar-refractivity contribution in [2.24, 2.45) is 0 Å². The van der Waals surface area contributed by atoms with Crippen LogP contribution in [0.2, 0.25) is 0 Å². The Balaban J connectivity index is 1.85. The van der Waals surface area contributed by atoms with Crippen LogP contribution in [0.25, 0.3) is 0 Å². The predicted molar refractivity (Wildman–Crippen MR) is 67.1 cm³/mol. The molecule has 0 radical (unpaired) electrons. The standard InChI is InChI=1S/C13H24N2O2/c1-2-7-14-9-5-11(6-10-14)15-8-3-4-12(15)13(16)17/h11-12H,2-10H2,1H3,(H,16,17). The topological polar surface area (TPSA) is 43.8 Å². The Hall–Kier alpha value is -0.610. The molecule has 0 aromatic carbocycles. The molecule has 4 nitrogen and oxygen atoms in total. The summed E-state index contributed by atoms with van der Waals surface area (Å²) >= 11 is 0. The molecule has 0 amide bonds. The van der Waals surface area contributed by atoms with E-state index < -0.39 is 5.97 Å². The first-order chi connectivity index (χ1) is 8.22. The summed E-state index contributed by atoms with van der Waals surface area (Å²) in [4.78, 5) is 15.9. The molecule has 0 spiro atoms. The Morgan fingerprint density at radius 1 is 1.24 bits per heavy atom. The molecule has 0 bridgehead atoms. The number of aliphatic carboxylic acids is 1. The van der Waals surface area contributed by atoms with E-state index in [9.17, 15) is 9.90 Å². The Morgan fingerprint density at radius 3 is 2.53 bits per heavy atom. The maximum Gasteiger partial charge on any atom is 0.320 e. The summed E-state index contributed by atoms with van der Waals surface area (Å²) in [6.45, 7) is 6.67. The highest BCUT2D eigenvalue weighted by Gasteiger charge is 2.36. The number of carbonyl (C=O) groups is 1. The molecule has 0 aromatic rings. The molecule has 2 saturated heterocycles. The maximum atomic E-state index is 11.2. The van der Waals surface area contributed by atoms with E-state index >= 15 is 0 Å². The van der Waals surface area contributed by atoms with Gasteiger partial charge in [0.2, 0.25) is 0 Å². The minimum atomic E-state index is -0.626. The Kier molecular flexibility index (Phi) is 4.40. The molecule has 2 heterocycles. The summed E-state index contributed by atoms with van der Waals surface area (Å²) in [6.07, 6.45) is 5.39. The quantitative estimate of drug-likeness (QED) is 0.807. The lowest BCUT2D eigenvalue weighted by atomic mass is 10.0. The van der Waals surface area contributed by atoms with Crippen LogP contribution < -0.4 is 0 Å². The van der Waals surface area contributed by atoms with E-state index in [0.717, 1.165) is 45.3 Å². The summed E-state index contributed by atoms with van der Waals surface area (Å²) in [6, 6.07) is 0.296. The molecule has 2 fully saturated rings. The van der Waals surface area contributed by atoms with Crippen LogP contribution in [0, 0.1) is 0 Å². The van der Waals surface area contributed by atoms with Crippen molar-refractivity contribution in [3.63, 3.8) is 0 Å². The van der Waals surface area contributed by atoms with Crippen LogP contribution in [0.3, 0.4) is 0 Å². The van der Waals surface area contributed by atoms with Gasteiger partial charge in [0.25, 0.3) is 0 Å². The molecule has 2 aliphatic heterocycles. The van der Waals surface area contributed by atoms with E-state index in [1.165, 1.54) is 13.0 Å². The summed E-state index contributed by atoms with van der Waals surface area (Å²) in [5.41, 5.74) is 0. The second-order valence-electron chi connectivity index (χ2n) is 5.31. The normalized spacial score (nSPS) is 28.6. The molecule has 0 aromatic heterocycles. The van der Waals surface area contributed by atoms with E-state index in [-0.39, 0.29) is 6.04 Å². The van der Waals surface area contributed by atoms with Gasteiger partial charge in [-0.2, -0.15) is 0 Å². The fourth-order valence-electron chi connectivity index (χ4n) is 3.28. The molecular formula is C13H24N2O2. The highest BCUT2D eigenvalue weighted by molar-refractivity contribution is 5.73. The van der Waals surface area contributed by atoms with Crippen LogP contribution in [0.15, 0.2) is 0 Å². The second kappa shape index (κ2) is 5.83. The third-order valence-electron chi connectivity index (χ3n) is 4.15. The number of carboxylic acid groups (broad SMARTS) is 1. The molecule has 2 aliphatic rings. The average Bonchev–Trinajstić information content (AvgIpc) is 2.79. The molecule has 1 atom stereocenters. The SMILES string of the molecule is CCCN1CCC(N2CCCC2C(=O)O)CC1. The smallest absolute Gasteiger partial charge is 0.320 e. The third kappa shape index (κ3) is 2.99. The van der Waals surface area contributed by atoms with E-state index in [4.69, 9.17) is 0 Å². The van der Waals surface area contributed by atoms with Crippen molar-refractivity contribution < 1.29 is 9.90 Å². The molecule has 0 saturated carbocycles. The fraction of sp³-hybridized carbons (Fsp3) is 0.923. The fourth-order valence-corrected chi connectivity index (χ4v) is 3.28. The molecule has 2 rings (SSSR count). The molecular weight excluding hydrogens is 216 g/mol. The van der Waals surface area contributed by atoms with Gasteiger partial charge in [-0.05, 0) is 58.3 Å². The monoisotopic (exact) mass is 240 g/mol. The number of hydrogen-bond donors (Lipinski definition) is 1. The Bertz CT molecular complexity index is 262. The first kappa shape index (κ1) is 12.8. The van der Waals surface area contributed by atoms with E-state index in [0.29, 0.717) is 6.04 Å². The summed E-state index contributed by atoms with van der Waals surface area (Å²) in [5, 5.41) is 9.20. The van der Waals surface area contributed by atoms with Gasteiger partial charge in [-0.15, -0.1) is 0 Å². The van der Waals surface area contributed by atoms with E-state index in [1.807, 2.05) is 0 Å². The molecule has 17 heavy (non-hydrogen) atoms. The van der Waals surface area contributed by atoms with Crippen molar-refractivity contribution >= 4 is 5.97 Å². The summed E-state index contributed by atoms with van der Waals surface area (Å²) < 4.78 is 0. The van der Waals surface area contributed by atoms with Gasteiger partial charge in [0.1, 0.15) is 6.04 Å². The van der Waals surface area contributed by atoms with Crippen LogP contribution in [0.5, 0.6) is 0 Å². The van der Waals surface area contributed by atoms with Crippen molar-refractivity contribution in [2.75, 3.05) is 26.2 Å². The zero-order chi connectivity index (χ0) is 12.3. The Labute approximate surface area is 104 Å². The first-order valence-corrected chi connectivity index (χ1v) is 6.93. The Morgan fingerprint density at radius 2 is 1.94 bits per heavy atom.